The Morgan fingerprint density at radius 3 is 2.79 bits per heavy atom. The molecule has 3 N–H and O–H groups in total. The molecule has 0 fully saturated rings. The summed E-state index contributed by atoms with van der Waals surface area (Å²) < 4.78 is 27.0. The third-order valence-corrected chi connectivity index (χ3v) is 4.14. The zero-order valence-corrected chi connectivity index (χ0v) is 12.1. The second-order valence-corrected chi connectivity index (χ2v) is 6.06. The number of hydrogen-bond donors (Lipinski definition) is 2. The third kappa shape index (κ3) is 5.03. The van der Waals surface area contributed by atoms with E-state index in [1.165, 1.54) is 0 Å². The molecule has 0 bridgehead atoms. The van der Waals surface area contributed by atoms with E-state index in [-0.39, 0.29) is 17.5 Å². The van der Waals surface area contributed by atoms with Crippen molar-refractivity contribution in [3.8, 4) is 11.8 Å². The van der Waals surface area contributed by atoms with Crippen molar-refractivity contribution >= 4 is 10.0 Å². The van der Waals surface area contributed by atoms with Crippen LogP contribution in [0.1, 0.15) is 32.3 Å². The van der Waals surface area contributed by atoms with E-state index in [4.69, 9.17) is 5.73 Å². The lowest BCUT2D eigenvalue weighted by molar-refractivity contribution is 0.544. The molecule has 0 radical (unpaired) electrons. The SMILES string of the molecule is CCCC(C)NS(=O)(=O)c1cccc(C#CCN)c1. The second-order valence-electron chi connectivity index (χ2n) is 4.34. The average molecular weight is 280 g/mol. The first-order valence-electron chi connectivity index (χ1n) is 6.31. The van der Waals surface area contributed by atoms with Crippen LogP contribution in [0.15, 0.2) is 29.2 Å². The van der Waals surface area contributed by atoms with Gasteiger partial charge in [0, 0.05) is 11.6 Å². The summed E-state index contributed by atoms with van der Waals surface area (Å²) in [5, 5.41) is 0. The third-order valence-electron chi connectivity index (χ3n) is 2.56. The summed E-state index contributed by atoms with van der Waals surface area (Å²) in [6, 6.07) is 6.49. The van der Waals surface area contributed by atoms with Gasteiger partial charge in [0.1, 0.15) is 0 Å². The van der Waals surface area contributed by atoms with Crippen LogP contribution in [0.4, 0.5) is 0 Å². The lowest BCUT2D eigenvalue weighted by Crippen LogP contribution is -2.32. The van der Waals surface area contributed by atoms with E-state index in [0.29, 0.717) is 5.56 Å². The van der Waals surface area contributed by atoms with Crippen molar-refractivity contribution in [2.75, 3.05) is 6.54 Å². The molecule has 0 aliphatic rings. The highest BCUT2D eigenvalue weighted by Crippen LogP contribution is 2.12. The van der Waals surface area contributed by atoms with Gasteiger partial charge in [-0.05, 0) is 31.5 Å². The minimum absolute atomic E-state index is 0.0752. The van der Waals surface area contributed by atoms with Gasteiger partial charge >= 0.3 is 0 Å². The number of hydrogen-bond acceptors (Lipinski definition) is 3. The molecule has 1 atom stereocenters. The fourth-order valence-electron chi connectivity index (χ4n) is 1.72. The molecule has 0 amide bonds. The first kappa shape index (κ1) is 15.7. The van der Waals surface area contributed by atoms with E-state index in [1.807, 2.05) is 13.8 Å². The molecular weight excluding hydrogens is 260 g/mol. The van der Waals surface area contributed by atoms with Gasteiger partial charge in [0.25, 0.3) is 0 Å². The molecule has 0 heterocycles. The smallest absolute Gasteiger partial charge is 0.240 e. The molecule has 1 aromatic carbocycles. The summed E-state index contributed by atoms with van der Waals surface area (Å²) >= 11 is 0. The summed E-state index contributed by atoms with van der Waals surface area (Å²) in [7, 11) is -3.48. The molecule has 5 heteroatoms. The van der Waals surface area contributed by atoms with Crippen molar-refractivity contribution in [1.82, 2.24) is 4.72 Å². The molecule has 0 aliphatic carbocycles. The Labute approximate surface area is 115 Å². The van der Waals surface area contributed by atoms with E-state index in [1.54, 1.807) is 24.3 Å². The van der Waals surface area contributed by atoms with Gasteiger partial charge in [-0.15, -0.1) is 0 Å². The van der Waals surface area contributed by atoms with Gasteiger partial charge in [-0.25, -0.2) is 13.1 Å². The number of nitrogens with two attached hydrogens (primary N) is 1. The zero-order chi connectivity index (χ0) is 14.3. The van der Waals surface area contributed by atoms with Crippen LogP contribution in [0.25, 0.3) is 0 Å². The van der Waals surface area contributed by atoms with E-state index in [2.05, 4.69) is 16.6 Å². The number of sulfonamides is 1. The minimum Gasteiger partial charge on any atom is -0.320 e. The van der Waals surface area contributed by atoms with Crippen molar-refractivity contribution in [3.63, 3.8) is 0 Å². The molecule has 0 saturated carbocycles. The van der Waals surface area contributed by atoms with Gasteiger partial charge in [0.15, 0.2) is 0 Å². The van der Waals surface area contributed by atoms with E-state index in [0.717, 1.165) is 12.8 Å². The summed E-state index contributed by atoms with van der Waals surface area (Å²) in [4.78, 5) is 0.235. The first-order chi connectivity index (χ1) is 8.99. The zero-order valence-electron chi connectivity index (χ0n) is 11.3. The van der Waals surface area contributed by atoms with Gasteiger partial charge < -0.3 is 5.73 Å². The Kier molecular flexibility index (Phi) is 6.03. The van der Waals surface area contributed by atoms with Crippen molar-refractivity contribution in [2.45, 2.75) is 37.6 Å². The van der Waals surface area contributed by atoms with Gasteiger partial charge in [-0.1, -0.05) is 31.3 Å². The summed E-state index contributed by atoms with van der Waals surface area (Å²) in [5.41, 5.74) is 5.94. The van der Waals surface area contributed by atoms with Crippen LogP contribution in [0.3, 0.4) is 0 Å². The molecule has 0 spiro atoms. The van der Waals surface area contributed by atoms with Gasteiger partial charge in [-0.2, -0.15) is 0 Å². The molecule has 0 aliphatic heterocycles. The standard InChI is InChI=1S/C14H20N2O2S/c1-3-6-12(2)16-19(17,18)14-9-4-7-13(11-14)8-5-10-15/h4,7,9,11-12,16H,3,6,10,15H2,1-2H3. The highest BCUT2D eigenvalue weighted by atomic mass is 32.2. The van der Waals surface area contributed by atoms with Crippen molar-refractivity contribution in [3.05, 3.63) is 29.8 Å². The lowest BCUT2D eigenvalue weighted by atomic mass is 10.2. The summed E-state index contributed by atoms with van der Waals surface area (Å²) in [6.45, 7) is 4.13. The van der Waals surface area contributed by atoms with Gasteiger partial charge in [-0.3, -0.25) is 0 Å². The van der Waals surface area contributed by atoms with Crippen LogP contribution in [0.2, 0.25) is 0 Å². The van der Waals surface area contributed by atoms with Crippen molar-refractivity contribution in [2.24, 2.45) is 5.73 Å². The quantitative estimate of drug-likeness (QED) is 0.802. The van der Waals surface area contributed by atoms with Crippen LogP contribution >= 0.6 is 0 Å². The molecule has 4 nitrogen and oxygen atoms in total. The largest absolute Gasteiger partial charge is 0.320 e. The predicted molar refractivity (Wildman–Crippen MR) is 77.1 cm³/mol. The van der Waals surface area contributed by atoms with Crippen molar-refractivity contribution < 1.29 is 8.42 Å². The first-order valence-corrected chi connectivity index (χ1v) is 7.79. The molecule has 104 valence electrons. The van der Waals surface area contributed by atoms with Crippen LogP contribution < -0.4 is 10.5 Å². The normalized spacial score (nSPS) is 12.6. The number of nitrogens with one attached hydrogen (secondary N) is 1. The highest BCUT2D eigenvalue weighted by molar-refractivity contribution is 7.89. The Hall–Kier alpha value is -1.35. The average Bonchev–Trinajstić information content (AvgIpc) is 2.36. The number of benzene rings is 1. The van der Waals surface area contributed by atoms with E-state index >= 15 is 0 Å². The Morgan fingerprint density at radius 2 is 2.16 bits per heavy atom. The van der Waals surface area contributed by atoms with Crippen LogP contribution in [0, 0.1) is 11.8 Å². The van der Waals surface area contributed by atoms with Crippen molar-refractivity contribution in [1.29, 1.82) is 0 Å². The van der Waals surface area contributed by atoms with E-state index < -0.39 is 10.0 Å². The molecule has 1 aromatic rings. The fourth-order valence-corrected chi connectivity index (χ4v) is 3.04. The molecular formula is C14H20N2O2S. The maximum atomic E-state index is 12.2. The monoisotopic (exact) mass is 280 g/mol. The van der Waals surface area contributed by atoms with Crippen LogP contribution in [-0.4, -0.2) is 21.0 Å². The van der Waals surface area contributed by atoms with E-state index in [9.17, 15) is 8.42 Å². The highest BCUT2D eigenvalue weighted by Gasteiger charge is 2.16. The second kappa shape index (κ2) is 7.29. The molecule has 1 rings (SSSR count). The van der Waals surface area contributed by atoms with Crippen LogP contribution in [-0.2, 0) is 10.0 Å². The molecule has 1 unspecified atom stereocenters. The Morgan fingerprint density at radius 1 is 1.42 bits per heavy atom. The predicted octanol–water partition coefficient (Wildman–Crippen LogP) is 1.46. The fraction of sp³-hybridized carbons (Fsp3) is 0.429. The molecule has 0 aromatic heterocycles. The Balaban J connectivity index is 2.95. The van der Waals surface area contributed by atoms with Crippen LogP contribution in [0.5, 0.6) is 0 Å². The maximum absolute atomic E-state index is 12.2. The minimum atomic E-state index is -3.48. The lowest BCUT2D eigenvalue weighted by Gasteiger charge is -2.13. The van der Waals surface area contributed by atoms with Gasteiger partial charge in [0.2, 0.25) is 10.0 Å². The molecule has 19 heavy (non-hydrogen) atoms. The molecule has 0 saturated heterocycles. The van der Waals surface area contributed by atoms with Gasteiger partial charge in [0.05, 0.1) is 11.4 Å². The summed E-state index contributed by atoms with van der Waals surface area (Å²) in [6.07, 6.45) is 1.75. The number of rotatable bonds is 5. The topological polar surface area (TPSA) is 72.2 Å². The Bertz CT molecular complexity index is 571. The maximum Gasteiger partial charge on any atom is 0.240 e. The summed E-state index contributed by atoms with van der Waals surface area (Å²) in [5.74, 6) is 5.53.